The van der Waals surface area contributed by atoms with Gasteiger partial charge in [-0.3, -0.25) is 0 Å². The third-order valence-corrected chi connectivity index (χ3v) is 1.83. The number of sulfone groups is 1. The Hall–Kier alpha value is -0.840. The molecule has 0 aliphatic heterocycles. The van der Waals surface area contributed by atoms with Crippen LogP contribution >= 0.6 is 0 Å². The lowest BCUT2D eigenvalue weighted by atomic mass is 10.6. The second kappa shape index (κ2) is 2.65. The maximum atomic E-state index is 10.7. The topological polar surface area (TPSA) is 60.2 Å². The average molecular weight is 175 g/mol. The molecule has 0 aromatic carbocycles. The van der Waals surface area contributed by atoms with Gasteiger partial charge in [0.05, 0.1) is 6.20 Å². The van der Waals surface area contributed by atoms with E-state index in [0.717, 1.165) is 6.26 Å². The lowest BCUT2D eigenvalue weighted by Gasteiger charge is -1.90. The Morgan fingerprint density at radius 1 is 1.64 bits per heavy atom. The van der Waals surface area contributed by atoms with E-state index >= 15 is 0 Å². The van der Waals surface area contributed by atoms with Crippen molar-refractivity contribution in [2.24, 2.45) is 0 Å². The lowest BCUT2D eigenvalue weighted by Crippen LogP contribution is -2.00. The van der Waals surface area contributed by atoms with Gasteiger partial charge < -0.3 is 4.42 Å². The molecule has 0 bridgehead atoms. The van der Waals surface area contributed by atoms with E-state index in [2.05, 4.69) is 4.98 Å². The fourth-order valence-corrected chi connectivity index (χ4v) is 1.27. The fraction of sp³-hybridized carbons (Fsp3) is 0.500. The van der Waals surface area contributed by atoms with Gasteiger partial charge in [-0.15, -0.1) is 0 Å². The Labute approximate surface area is 65.2 Å². The van der Waals surface area contributed by atoms with E-state index in [0.29, 0.717) is 5.76 Å². The van der Waals surface area contributed by atoms with Crippen LogP contribution in [0.5, 0.6) is 0 Å². The molecule has 0 aliphatic carbocycles. The molecule has 0 aliphatic rings. The molecule has 5 heteroatoms. The molecular formula is C6H9NO3S. The van der Waals surface area contributed by atoms with E-state index in [1.807, 2.05) is 0 Å². The zero-order valence-corrected chi connectivity index (χ0v) is 7.18. The molecule has 0 amide bonds. The van der Waals surface area contributed by atoms with Crippen molar-refractivity contribution < 1.29 is 12.8 Å². The van der Waals surface area contributed by atoms with Gasteiger partial charge >= 0.3 is 0 Å². The number of aromatic nitrogens is 1. The second-order valence-corrected chi connectivity index (χ2v) is 4.57. The summed E-state index contributed by atoms with van der Waals surface area (Å²) in [7, 11) is -3.02. The molecule has 0 spiro atoms. The maximum absolute atomic E-state index is 10.7. The van der Waals surface area contributed by atoms with Crippen molar-refractivity contribution in [2.45, 2.75) is 12.7 Å². The minimum Gasteiger partial charge on any atom is -0.445 e. The Morgan fingerprint density at radius 3 is 2.64 bits per heavy atom. The van der Waals surface area contributed by atoms with Crippen LogP contribution in [0.25, 0.3) is 0 Å². The quantitative estimate of drug-likeness (QED) is 0.657. The summed E-state index contributed by atoms with van der Waals surface area (Å²) in [6.07, 6.45) is 2.65. The van der Waals surface area contributed by atoms with Crippen LogP contribution in [0.15, 0.2) is 10.6 Å². The number of oxazole rings is 1. The van der Waals surface area contributed by atoms with Gasteiger partial charge in [0.2, 0.25) is 5.89 Å². The van der Waals surface area contributed by atoms with Crippen LogP contribution in [-0.4, -0.2) is 19.7 Å². The van der Waals surface area contributed by atoms with Crippen LogP contribution in [0, 0.1) is 6.92 Å². The van der Waals surface area contributed by atoms with Crippen LogP contribution in [0.4, 0.5) is 0 Å². The first-order chi connectivity index (χ1) is 4.97. The summed E-state index contributed by atoms with van der Waals surface area (Å²) in [6.45, 7) is 1.72. The van der Waals surface area contributed by atoms with Crippen molar-refractivity contribution in [1.29, 1.82) is 0 Å². The van der Waals surface area contributed by atoms with E-state index in [1.165, 1.54) is 6.20 Å². The van der Waals surface area contributed by atoms with E-state index in [1.54, 1.807) is 6.92 Å². The fourth-order valence-electron chi connectivity index (χ4n) is 0.692. The molecule has 0 radical (unpaired) electrons. The molecule has 0 fully saturated rings. The summed E-state index contributed by atoms with van der Waals surface area (Å²) in [5.41, 5.74) is 0. The smallest absolute Gasteiger partial charge is 0.209 e. The van der Waals surface area contributed by atoms with Crippen molar-refractivity contribution >= 4 is 9.84 Å². The summed E-state index contributed by atoms with van der Waals surface area (Å²) in [6, 6.07) is 0. The van der Waals surface area contributed by atoms with Crippen LogP contribution in [0.3, 0.4) is 0 Å². The van der Waals surface area contributed by atoms with Gasteiger partial charge in [-0.25, -0.2) is 13.4 Å². The molecule has 0 atom stereocenters. The normalized spacial score (nSPS) is 11.8. The second-order valence-electron chi connectivity index (χ2n) is 2.43. The summed E-state index contributed by atoms with van der Waals surface area (Å²) >= 11 is 0. The van der Waals surface area contributed by atoms with Crippen molar-refractivity contribution in [3.05, 3.63) is 17.8 Å². The average Bonchev–Trinajstić information content (AvgIpc) is 2.10. The Balaban J connectivity index is 2.81. The van der Waals surface area contributed by atoms with Crippen molar-refractivity contribution in [3.63, 3.8) is 0 Å². The molecule has 0 unspecified atom stereocenters. The van der Waals surface area contributed by atoms with Crippen LogP contribution < -0.4 is 0 Å². The Kier molecular flexibility index (Phi) is 1.99. The number of rotatable bonds is 2. The lowest BCUT2D eigenvalue weighted by molar-refractivity contribution is 0.485. The first-order valence-electron chi connectivity index (χ1n) is 3.06. The van der Waals surface area contributed by atoms with E-state index in [4.69, 9.17) is 4.42 Å². The van der Waals surface area contributed by atoms with Gasteiger partial charge in [0.1, 0.15) is 11.5 Å². The summed E-state index contributed by atoms with van der Waals surface area (Å²) in [5, 5.41) is 0. The van der Waals surface area contributed by atoms with Crippen LogP contribution in [-0.2, 0) is 15.6 Å². The van der Waals surface area contributed by atoms with Crippen LogP contribution in [0.2, 0.25) is 0 Å². The SMILES string of the molecule is Cc1cnc(CS(C)(=O)=O)o1. The summed E-state index contributed by atoms with van der Waals surface area (Å²) < 4.78 is 26.4. The molecule has 0 saturated carbocycles. The predicted octanol–water partition coefficient (Wildman–Crippen LogP) is 0.528. The highest BCUT2D eigenvalue weighted by Gasteiger charge is 2.08. The molecule has 1 rings (SSSR count). The predicted molar refractivity (Wildman–Crippen MR) is 39.8 cm³/mol. The van der Waals surface area contributed by atoms with Gasteiger partial charge in [-0.05, 0) is 6.92 Å². The van der Waals surface area contributed by atoms with Gasteiger partial charge in [0, 0.05) is 6.26 Å². The molecule has 0 N–H and O–H groups in total. The first-order valence-corrected chi connectivity index (χ1v) is 5.12. The minimum atomic E-state index is -3.02. The summed E-state index contributed by atoms with van der Waals surface area (Å²) in [5.74, 6) is 0.759. The number of nitrogens with zero attached hydrogens (tertiary/aromatic N) is 1. The number of aryl methyl sites for hydroxylation is 1. The number of hydrogen-bond donors (Lipinski definition) is 0. The maximum Gasteiger partial charge on any atom is 0.209 e. The molecule has 1 aromatic heterocycles. The zero-order valence-electron chi connectivity index (χ0n) is 6.36. The summed E-state index contributed by atoms with van der Waals surface area (Å²) in [4.78, 5) is 3.76. The Bertz CT molecular complexity index is 338. The molecular weight excluding hydrogens is 166 g/mol. The number of hydrogen-bond acceptors (Lipinski definition) is 4. The van der Waals surface area contributed by atoms with E-state index in [9.17, 15) is 8.42 Å². The van der Waals surface area contributed by atoms with Crippen molar-refractivity contribution in [1.82, 2.24) is 4.98 Å². The van der Waals surface area contributed by atoms with Gasteiger partial charge in [0.15, 0.2) is 9.84 Å². The molecule has 0 saturated heterocycles. The van der Waals surface area contributed by atoms with Crippen molar-refractivity contribution in [3.8, 4) is 0 Å². The third kappa shape index (κ3) is 2.71. The standard InChI is InChI=1S/C6H9NO3S/c1-5-3-7-6(10-5)4-11(2,8)9/h3H,4H2,1-2H3. The third-order valence-electron chi connectivity index (χ3n) is 1.05. The van der Waals surface area contributed by atoms with Crippen molar-refractivity contribution in [2.75, 3.05) is 6.26 Å². The van der Waals surface area contributed by atoms with Gasteiger partial charge in [-0.1, -0.05) is 0 Å². The van der Waals surface area contributed by atoms with E-state index < -0.39 is 9.84 Å². The molecule has 4 nitrogen and oxygen atoms in total. The van der Waals surface area contributed by atoms with Gasteiger partial charge in [-0.2, -0.15) is 0 Å². The zero-order chi connectivity index (χ0) is 8.48. The van der Waals surface area contributed by atoms with E-state index in [-0.39, 0.29) is 11.6 Å². The highest BCUT2D eigenvalue weighted by Crippen LogP contribution is 2.04. The minimum absolute atomic E-state index is 0.124. The molecule has 11 heavy (non-hydrogen) atoms. The molecule has 1 aromatic rings. The molecule has 1 heterocycles. The first kappa shape index (κ1) is 8.26. The monoisotopic (exact) mass is 175 g/mol. The molecule has 62 valence electrons. The Morgan fingerprint density at radius 2 is 2.27 bits per heavy atom. The highest BCUT2D eigenvalue weighted by atomic mass is 32.2. The van der Waals surface area contributed by atoms with Gasteiger partial charge in [0.25, 0.3) is 0 Å². The highest BCUT2D eigenvalue weighted by molar-refractivity contribution is 7.89. The van der Waals surface area contributed by atoms with Crippen LogP contribution in [0.1, 0.15) is 11.7 Å². The largest absolute Gasteiger partial charge is 0.445 e.